The number of nitrogens with zero attached hydrogens (tertiary/aromatic N) is 1. The number of β-amino-alcohol motifs (C(OH)–C–C–N with tert-alkyl or cyclic N) is 1. The van der Waals surface area contributed by atoms with Crippen LogP contribution >= 0.6 is 11.6 Å². The number of halogens is 1. The number of aliphatic hydroxyl groups is 1. The molecular weight excluding hydrogens is 276 g/mol. The largest absolute Gasteiger partial charge is 0.392 e. The average Bonchev–Trinajstić information content (AvgIpc) is 2.45. The van der Waals surface area contributed by atoms with Gasteiger partial charge in [-0.1, -0.05) is 29.8 Å². The van der Waals surface area contributed by atoms with E-state index in [4.69, 9.17) is 11.6 Å². The predicted octanol–water partition coefficient (Wildman–Crippen LogP) is 1.80. The highest BCUT2D eigenvalue weighted by atomic mass is 35.5. The van der Waals surface area contributed by atoms with Crippen LogP contribution in [0.1, 0.15) is 25.3 Å². The first-order valence-electron chi connectivity index (χ1n) is 7.01. The molecule has 1 aromatic carbocycles. The van der Waals surface area contributed by atoms with Crippen LogP contribution in [0.2, 0.25) is 5.02 Å². The summed E-state index contributed by atoms with van der Waals surface area (Å²) in [6.07, 6.45) is 1.44. The van der Waals surface area contributed by atoms with Crippen LogP contribution in [0.25, 0.3) is 0 Å². The molecule has 1 saturated heterocycles. The van der Waals surface area contributed by atoms with Crippen molar-refractivity contribution in [2.75, 3.05) is 13.1 Å². The molecule has 2 rings (SSSR count). The van der Waals surface area contributed by atoms with Crippen LogP contribution in [0.4, 0.5) is 0 Å². The van der Waals surface area contributed by atoms with Crippen LogP contribution in [0, 0.1) is 0 Å². The quantitative estimate of drug-likeness (QED) is 0.891. The summed E-state index contributed by atoms with van der Waals surface area (Å²) in [7, 11) is 0. The maximum Gasteiger partial charge on any atom is 0.237 e. The number of hydrogen-bond acceptors (Lipinski definition) is 3. The maximum atomic E-state index is 12.2. The lowest BCUT2D eigenvalue weighted by Crippen LogP contribution is -2.50. The van der Waals surface area contributed by atoms with Crippen molar-refractivity contribution < 1.29 is 9.90 Å². The van der Waals surface area contributed by atoms with Gasteiger partial charge in [-0.05, 0) is 37.9 Å². The highest BCUT2D eigenvalue weighted by Crippen LogP contribution is 2.15. The van der Waals surface area contributed by atoms with E-state index in [1.54, 1.807) is 0 Å². The van der Waals surface area contributed by atoms with E-state index >= 15 is 0 Å². The summed E-state index contributed by atoms with van der Waals surface area (Å²) < 4.78 is 0. The molecule has 0 saturated carbocycles. The number of aliphatic hydroxyl groups excluding tert-OH is 1. The van der Waals surface area contributed by atoms with Crippen molar-refractivity contribution in [1.82, 2.24) is 10.2 Å². The second-order valence-corrected chi connectivity index (χ2v) is 5.68. The standard InChI is InChI=1S/C15H21ClN2O2/c1-11(18-8-4-6-13(19)10-18)15(20)17-9-12-5-2-3-7-14(12)16/h2-3,5,7,11,13,19H,4,6,8-10H2,1H3,(H,17,20). The molecular formula is C15H21ClN2O2. The van der Waals surface area contributed by atoms with E-state index < -0.39 is 0 Å². The summed E-state index contributed by atoms with van der Waals surface area (Å²) in [5.41, 5.74) is 0.911. The summed E-state index contributed by atoms with van der Waals surface area (Å²) in [6.45, 7) is 3.73. The highest BCUT2D eigenvalue weighted by Gasteiger charge is 2.26. The zero-order chi connectivity index (χ0) is 14.5. The number of benzene rings is 1. The third-order valence-electron chi connectivity index (χ3n) is 3.77. The van der Waals surface area contributed by atoms with E-state index in [1.807, 2.05) is 36.1 Å². The SMILES string of the molecule is CC(C(=O)NCc1ccccc1Cl)N1CCCC(O)C1. The monoisotopic (exact) mass is 296 g/mol. The summed E-state index contributed by atoms with van der Waals surface area (Å²) in [5, 5.41) is 13.2. The van der Waals surface area contributed by atoms with Crippen LogP contribution in [-0.2, 0) is 11.3 Å². The van der Waals surface area contributed by atoms with E-state index in [9.17, 15) is 9.90 Å². The van der Waals surface area contributed by atoms with Crippen LogP contribution in [0.3, 0.4) is 0 Å². The molecule has 4 nitrogen and oxygen atoms in total. The van der Waals surface area contributed by atoms with Gasteiger partial charge < -0.3 is 10.4 Å². The number of nitrogens with one attached hydrogen (secondary N) is 1. The van der Waals surface area contributed by atoms with Gasteiger partial charge in [0.1, 0.15) is 0 Å². The molecule has 1 aliphatic heterocycles. The third-order valence-corrected chi connectivity index (χ3v) is 4.13. The summed E-state index contributed by atoms with van der Waals surface area (Å²) in [5.74, 6) is -0.0287. The lowest BCUT2D eigenvalue weighted by molar-refractivity contribution is -0.127. The van der Waals surface area contributed by atoms with Crippen molar-refractivity contribution in [2.45, 2.75) is 38.5 Å². The Labute approximate surface area is 124 Å². The minimum atomic E-state index is -0.317. The number of carbonyl (C=O) groups excluding carboxylic acids is 1. The molecule has 0 aromatic heterocycles. The molecule has 110 valence electrons. The molecule has 1 aromatic rings. The molecule has 0 spiro atoms. The molecule has 2 atom stereocenters. The first kappa shape index (κ1) is 15.3. The fourth-order valence-electron chi connectivity index (χ4n) is 2.47. The van der Waals surface area contributed by atoms with Crippen molar-refractivity contribution in [1.29, 1.82) is 0 Å². The Balaban J connectivity index is 1.86. The molecule has 1 aliphatic rings. The van der Waals surface area contributed by atoms with Gasteiger partial charge in [0, 0.05) is 18.1 Å². The number of likely N-dealkylation sites (tertiary alicyclic amines) is 1. The third kappa shape index (κ3) is 3.95. The molecule has 1 fully saturated rings. The van der Waals surface area contributed by atoms with Gasteiger partial charge in [0.15, 0.2) is 0 Å². The van der Waals surface area contributed by atoms with E-state index in [0.29, 0.717) is 18.1 Å². The number of hydrogen-bond donors (Lipinski definition) is 2. The van der Waals surface area contributed by atoms with E-state index in [1.165, 1.54) is 0 Å². The Kier molecular flexibility index (Phi) is 5.40. The van der Waals surface area contributed by atoms with Gasteiger partial charge in [-0.15, -0.1) is 0 Å². The molecule has 1 heterocycles. The van der Waals surface area contributed by atoms with Crippen molar-refractivity contribution in [3.05, 3.63) is 34.9 Å². The molecule has 0 radical (unpaired) electrons. The Morgan fingerprint density at radius 1 is 1.55 bits per heavy atom. The number of amides is 1. The lowest BCUT2D eigenvalue weighted by atomic mass is 10.1. The van der Waals surface area contributed by atoms with Gasteiger partial charge in [0.05, 0.1) is 12.1 Å². The van der Waals surface area contributed by atoms with E-state index in [0.717, 1.165) is 24.9 Å². The van der Waals surface area contributed by atoms with Gasteiger partial charge in [-0.3, -0.25) is 9.69 Å². The van der Waals surface area contributed by atoms with Crippen molar-refractivity contribution in [3.63, 3.8) is 0 Å². The van der Waals surface area contributed by atoms with Gasteiger partial charge in [0.25, 0.3) is 0 Å². The number of piperidine rings is 1. The van der Waals surface area contributed by atoms with Crippen LogP contribution in [0.5, 0.6) is 0 Å². The number of carbonyl (C=O) groups is 1. The first-order chi connectivity index (χ1) is 9.58. The summed E-state index contributed by atoms with van der Waals surface area (Å²) in [4.78, 5) is 14.2. The molecule has 0 aliphatic carbocycles. The molecule has 20 heavy (non-hydrogen) atoms. The zero-order valence-electron chi connectivity index (χ0n) is 11.7. The van der Waals surface area contributed by atoms with Crippen LogP contribution in [0.15, 0.2) is 24.3 Å². The topological polar surface area (TPSA) is 52.6 Å². The van der Waals surface area contributed by atoms with Crippen molar-refractivity contribution in [3.8, 4) is 0 Å². The molecule has 1 amide bonds. The normalized spacial score (nSPS) is 21.4. The summed E-state index contributed by atoms with van der Waals surface area (Å²) in [6, 6.07) is 7.25. The van der Waals surface area contributed by atoms with Crippen molar-refractivity contribution in [2.24, 2.45) is 0 Å². The number of rotatable bonds is 4. The van der Waals surface area contributed by atoms with Gasteiger partial charge in [-0.25, -0.2) is 0 Å². The Hall–Kier alpha value is -1.10. The fraction of sp³-hybridized carbons (Fsp3) is 0.533. The molecule has 0 bridgehead atoms. The van der Waals surface area contributed by atoms with Gasteiger partial charge in [-0.2, -0.15) is 0 Å². The Morgan fingerprint density at radius 3 is 3.00 bits per heavy atom. The predicted molar refractivity (Wildman–Crippen MR) is 79.6 cm³/mol. The Morgan fingerprint density at radius 2 is 2.30 bits per heavy atom. The van der Waals surface area contributed by atoms with Gasteiger partial charge in [0.2, 0.25) is 5.91 Å². The van der Waals surface area contributed by atoms with E-state index in [2.05, 4.69) is 5.32 Å². The zero-order valence-corrected chi connectivity index (χ0v) is 12.4. The first-order valence-corrected chi connectivity index (χ1v) is 7.39. The minimum absolute atomic E-state index is 0.0287. The average molecular weight is 297 g/mol. The lowest BCUT2D eigenvalue weighted by Gasteiger charge is -2.34. The van der Waals surface area contributed by atoms with Crippen LogP contribution in [-0.4, -0.2) is 41.1 Å². The van der Waals surface area contributed by atoms with Gasteiger partial charge >= 0.3 is 0 Å². The molecule has 2 unspecified atom stereocenters. The highest BCUT2D eigenvalue weighted by molar-refractivity contribution is 6.31. The minimum Gasteiger partial charge on any atom is -0.392 e. The fourth-order valence-corrected chi connectivity index (χ4v) is 2.68. The molecule has 2 N–H and O–H groups in total. The molecule has 5 heteroatoms. The van der Waals surface area contributed by atoms with E-state index in [-0.39, 0.29) is 18.1 Å². The van der Waals surface area contributed by atoms with Crippen LogP contribution < -0.4 is 5.32 Å². The Bertz CT molecular complexity index is 467. The second-order valence-electron chi connectivity index (χ2n) is 5.28. The van der Waals surface area contributed by atoms with Crippen molar-refractivity contribution >= 4 is 17.5 Å². The summed E-state index contributed by atoms with van der Waals surface area (Å²) >= 11 is 6.06. The second kappa shape index (κ2) is 7.07. The maximum absolute atomic E-state index is 12.2. The smallest absolute Gasteiger partial charge is 0.237 e.